The Labute approximate surface area is 208 Å². The Morgan fingerprint density at radius 3 is 2.49 bits per heavy atom. The summed E-state index contributed by atoms with van der Waals surface area (Å²) < 4.78 is 29.9. The fraction of sp³-hybridized carbons (Fsp3) is 0.500. The Bertz CT molecular complexity index is 1240. The van der Waals surface area contributed by atoms with Crippen molar-refractivity contribution in [1.82, 2.24) is 24.6 Å². The van der Waals surface area contributed by atoms with Gasteiger partial charge in [0.2, 0.25) is 0 Å². The van der Waals surface area contributed by atoms with Crippen LogP contribution in [0.3, 0.4) is 0 Å². The van der Waals surface area contributed by atoms with Gasteiger partial charge in [0, 0.05) is 55.2 Å². The van der Waals surface area contributed by atoms with Crippen LogP contribution in [0.25, 0.3) is 5.69 Å². The zero-order valence-corrected chi connectivity index (χ0v) is 20.8. The molecule has 9 heteroatoms. The molecule has 3 aromatic rings. The number of fused-ring (bicyclic) bond motifs is 3. The predicted molar refractivity (Wildman–Crippen MR) is 131 cm³/mol. The second-order valence-corrected chi connectivity index (χ2v) is 11.0. The lowest BCUT2D eigenvalue weighted by atomic mass is 9.73. The summed E-state index contributed by atoms with van der Waals surface area (Å²) in [6.45, 7) is 6.81. The van der Waals surface area contributed by atoms with E-state index in [1.54, 1.807) is 0 Å². The first-order chi connectivity index (χ1) is 16.7. The molecule has 4 heterocycles. The lowest BCUT2D eigenvalue weighted by Crippen LogP contribution is -2.59. The number of benzene rings is 1. The minimum atomic E-state index is -2.60. The Morgan fingerprint density at radius 1 is 1.03 bits per heavy atom. The highest BCUT2D eigenvalue weighted by Gasteiger charge is 2.57. The number of anilines is 1. The van der Waals surface area contributed by atoms with E-state index >= 15 is 0 Å². The van der Waals surface area contributed by atoms with Crippen molar-refractivity contribution >= 4 is 17.4 Å². The molecular formula is C26H29ClF2N6. The van der Waals surface area contributed by atoms with Crippen LogP contribution in [0.2, 0.25) is 5.02 Å². The van der Waals surface area contributed by atoms with Crippen molar-refractivity contribution < 1.29 is 8.78 Å². The van der Waals surface area contributed by atoms with Crippen LogP contribution in [0.4, 0.5) is 14.6 Å². The van der Waals surface area contributed by atoms with E-state index in [0.717, 1.165) is 60.2 Å². The molecule has 0 unspecified atom stereocenters. The highest BCUT2D eigenvalue weighted by atomic mass is 35.5. The summed E-state index contributed by atoms with van der Waals surface area (Å²) in [4.78, 5) is 9.04. The van der Waals surface area contributed by atoms with Gasteiger partial charge >= 0.3 is 0 Å². The summed E-state index contributed by atoms with van der Waals surface area (Å²) in [5, 5.41) is 9.88. The van der Waals surface area contributed by atoms with E-state index in [1.165, 1.54) is 0 Å². The largest absolute Gasteiger partial charge is 0.357 e. The topological polar surface area (TPSA) is 50.1 Å². The molecule has 0 bridgehead atoms. The number of halogens is 3. The predicted octanol–water partition coefficient (Wildman–Crippen LogP) is 5.51. The van der Waals surface area contributed by atoms with Gasteiger partial charge in [-0.15, -0.1) is 10.2 Å². The first-order valence-corrected chi connectivity index (χ1v) is 12.6. The van der Waals surface area contributed by atoms with E-state index in [2.05, 4.69) is 41.7 Å². The number of aryl methyl sites for hydroxylation is 1. The lowest BCUT2D eigenvalue weighted by molar-refractivity contribution is -0.173. The standard InChI is InChI=1S/C26H29ClF2N6/c1-17-3-6-22(30-12-17)33-9-7-18(8-10-33)24-32-31-23-14-34(25(2)15-26(28,29)16-25)13-19-11-20(27)4-5-21(19)35(23)24/h3-6,11-12,18H,7-10,13-16H2,1-2H3. The van der Waals surface area contributed by atoms with E-state index in [9.17, 15) is 8.78 Å². The maximum Gasteiger partial charge on any atom is 0.251 e. The number of hydrogen-bond acceptors (Lipinski definition) is 5. The number of nitrogens with zero attached hydrogens (tertiary/aromatic N) is 6. The third-order valence-corrected chi connectivity index (χ3v) is 8.09. The maximum atomic E-state index is 13.9. The average molecular weight is 499 g/mol. The molecule has 2 aromatic heterocycles. The fourth-order valence-electron chi connectivity index (χ4n) is 5.97. The smallest absolute Gasteiger partial charge is 0.251 e. The molecule has 184 valence electrons. The molecule has 3 aliphatic rings. The van der Waals surface area contributed by atoms with Crippen LogP contribution in [-0.2, 0) is 13.1 Å². The van der Waals surface area contributed by atoms with Crippen molar-refractivity contribution in [2.24, 2.45) is 0 Å². The van der Waals surface area contributed by atoms with Gasteiger partial charge < -0.3 is 4.90 Å². The molecule has 35 heavy (non-hydrogen) atoms. The molecule has 0 atom stereocenters. The molecule has 2 fully saturated rings. The summed E-state index contributed by atoms with van der Waals surface area (Å²) >= 11 is 6.37. The molecule has 1 saturated heterocycles. The van der Waals surface area contributed by atoms with Gasteiger partial charge in [0.05, 0.1) is 12.2 Å². The number of aromatic nitrogens is 4. The Balaban J connectivity index is 1.30. The molecule has 0 amide bonds. The summed E-state index contributed by atoms with van der Waals surface area (Å²) in [6, 6.07) is 10.0. The summed E-state index contributed by atoms with van der Waals surface area (Å²) in [5.74, 6) is 0.426. The van der Waals surface area contributed by atoms with Gasteiger partial charge in [0.1, 0.15) is 11.6 Å². The van der Waals surface area contributed by atoms with Gasteiger partial charge in [-0.2, -0.15) is 0 Å². The molecule has 6 nitrogen and oxygen atoms in total. The monoisotopic (exact) mass is 498 g/mol. The molecule has 1 aliphatic carbocycles. The van der Waals surface area contributed by atoms with Gasteiger partial charge in [0.25, 0.3) is 5.92 Å². The second kappa shape index (κ2) is 8.23. The van der Waals surface area contributed by atoms with Gasteiger partial charge in [-0.1, -0.05) is 17.7 Å². The number of pyridine rings is 1. The maximum absolute atomic E-state index is 13.9. The number of hydrogen-bond donors (Lipinski definition) is 0. The van der Waals surface area contributed by atoms with Crippen molar-refractivity contribution in [1.29, 1.82) is 0 Å². The third-order valence-electron chi connectivity index (χ3n) is 7.85. The first kappa shape index (κ1) is 22.9. The molecule has 0 N–H and O–H groups in total. The van der Waals surface area contributed by atoms with Gasteiger partial charge in [-0.3, -0.25) is 9.47 Å². The molecule has 2 aliphatic heterocycles. The summed E-state index contributed by atoms with van der Waals surface area (Å²) in [7, 11) is 0. The van der Waals surface area contributed by atoms with E-state index < -0.39 is 11.5 Å². The Hall–Kier alpha value is -2.58. The molecular weight excluding hydrogens is 470 g/mol. The lowest BCUT2D eigenvalue weighted by Gasteiger charge is -2.51. The number of piperidine rings is 1. The van der Waals surface area contributed by atoms with Crippen LogP contribution in [0, 0.1) is 6.92 Å². The zero-order valence-electron chi connectivity index (χ0n) is 20.0. The summed E-state index contributed by atoms with van der Waals surface area (Å²) in [5.41, 5.74) is 2.61. The Morgan fingerprint density at radius 2 is 1.80 bits per heavy atom. The average Bonchev–Trinajstić information content (AvgIpc) is 3.14. The van der Waals surface area contributed by atoms with Crippen LogP contribution in [0.1, 0.15) is 61.3 Å². The molecule has 6 rings (SSSR count). The number of alkyl halides is 2. The normalized spacial score (nSPS) is 21.7. The SMILES string of the molecule is Cc1ccc(N2CCC(c3nnc4n3-c3ccc(Cl)cc3CN(C3(C)CC(F)(F)C3)C4)CC2)nc1. The van der Waals surface area contributed by atoms with Crippen molar-refractivity contribution in [2.45, 2.75) is 70.0 Å². The Kier molecular flexibility index (Phi) is 5.38. The third kappa shape index (κ3) is 4.10. The molecule has 0 spiro atoms. The van der Waals surface area contributed by atoms with E-state index in [1.807, 2.05) is 38.2 Å². The fourth-order valence-corrected chi connectivity index (χ4v) is 6.17. The van der Waals surface area contributed by atoms with Crippen molar-refractivity contribution in [3.8, 4) is 5.69 Å². The second-order valence-electron chi connectivity index (χ2n) is 10.6. The quantitative estimate of drug-likeness (QED) is 0.476. The minimum Gasteiger partial charge on any atom is -0.357 e. The van der Waals surface area contributed by atoms with Crippen LogP contribution in [-0.4, -0.2) is 49.2 Å². The van der Waals surface area contributed by atoms with Crippen LogP contribution in [0.5, 0.6) is 0 Å². The van der Waals surface area contributed by atoms with E-state index in [4.69, 9.17) is 11.6 Å². The van der Waals surface area contributed by atoms with Crippen molar-refractivity contribution in [3.05, 3.63) is 64.3 Å². The van der Waals surface area contributed by atoms with Crippen molar-refractivity contribution in [3.63, 3.8) is 0 Å². The van der Waals surface area contributed by atoms with E-state index in [-0.39, 0.29) is 18.8 Å². The highest BCUT2D eigenvalue weighted by Crippen LogP contribution is 2.50. The molecule has 1 saturated carbocycles. The summed E-state index contributed by atoms with van der Waals surface area (Å²) in [6.07, 6.45) is 3.53. The van der Waals surface area contributed by atoms with Gasteiger partial charge in [-0.05, 0) is 62.1 Å². The van der Waals surface area contributed by atoms with Crippen LogP contribution < -0.4 is 4.90 Å². The van der Waals surface area contributed by atoms with Crippen molar-refractivity contribution in [2.75, 3.05) is 18.0 Å². The first-order valence-electron chi connectivity index (χ1n) is 12.2. The molecule has 0 radical (unpaired) electrons. The van der Waals surface area contributed by atoms with E-state index in [0.29, 0.717) is 18.1 Å². The van der Waals surface area contributed by atoms with Crippen LogP contribution >= 0.6 is 11.6 Å². The van der Waals surface area contributed by atoms with Gasteiger partial charge in [0.15, 0.2) is 5.82 Å². The number of rotatable bonds is 3. The zero-order chi connectivity index (χ0) is 24.4. The van der Waals surface area contributed by atoms with Crippen LogP contribution in [0.15, 0.2) is 36.5 Å². The highest BCUT2D eigenvalue weighted by molar-refractivity contribution is 6.30. The van der Waals surface area contributed by atoms with Gasteiger partial charge in [-0.25, -0.2) is 13.8 Å². The minimum absolute atomic E-state index is 0.137. The molecule has 1 aromatic carbocycles.